The molecule has 1 atom stereocenters. The van der Waals surface area contributed by atoms with Crippen molar-refractivity contribution >= 4 is 22.4 Å². The highest BCUT2D eigenvalue weighted by atomic mass is 35.5. The summed E-state index contributed by atoms with van der Waals surface area (Å²) in [4.78, 5) is 0. The first kappa shape index (κ1) is 18.4. The van der Waals surface area contributed by atoms with Crippen molar-refractivity contribution in [3.63, 3.8) is 0 Å². The molecule has 1 aromatic rings. The molecular formula is C15H25ClN2O2S. The topological polar surface area (TPSA) is 58.2 Å². The number of aryl methyl sites for hydroxylation is 1. The summed E-state index contributed by atoms with van der Waals surface area (Å²) in [5, 5.41) is 3.33. The molecule has 1 aliphatic rings. The van der Waals surface area contributed by atoms with Gasteiger partial charge in [-0.05, 0) is 36.8 Å². The fourth-order valence-electron chi connectivity index (χ4n) is 2.52. The van der Waals surface area contributed by atoms with E-state index in [0.717, 1.165) is 31.5 Å². The van der Waals surface area contributed by atoms with Crippen LogP contribution in [0.15, 0.2) is 30.3 Å². The SMILES string of the molecule is CC1(CNS(=O)(=O)CCc2ccccc2)CCCNC1.Cl. The van der Waals surface area contributed by atoms with E-state index in [4.69, 9.17) is 0 Å². The maximum atomic E-state index is 12.1. The fourth-order valence-corrected chi connectivity index (χ4v) is 3.74. The number of halogens is 1. The van der Waals surface area contributed by atoms with Crippen molar-refractivity contribution in [2.24, 2.45) is 5.41 Å². The minimum atomic E-state index is -3.20. The van der Waals surface area contributed by atoms with E-state index in [-0.39, 0.29) is 23.6 Å². The van der Waals surface area contributed by atoms with E-state index < -0.39 is 10.0 Å². The van der Waals surface area contributed by atoms with Crippen LogP contribution in [-0.4, -0.2) is 33.8 Å². The van der Waals surface area contributed by atoms with Gasteiger partial charge in [-0.1, -0.05) is 37.3 Å². The molecule has 1 fully saturated rings. The Balaban J connectivity index is 0.00000220. The summed E-state index contributed by atoms with van der Waals surface area (Å²) < 4.78 is 26.9. The molecule has 0 bridgehead atoms. The molecule has 0 saturated carbocycles. The highest BCUT2D eigenvalue weighted by Gasteiger charge is 2.28. The van der Waals surface area contributed by atoms with Crippen molar-refractivity contribution in [3.8, 4) is 0 Å². The molecule has 1 aromatic carbocycles. The molecule has 1 aliphatic heterocycles. The predicted molar refractivity (Wildman–Crippen MR) is 89.4 cm³/mol. The molecule has 0 spiro atoms. The third-order valence-corrected chi connectivity index (χ3v) is 5.23. The average molecular weight is 333 g/mol. The molecular weight excluding hydrogens is 308 g/mol. The summed E-state index contributed by atoms with van der Waals surface area (Å²) in [7, 11) is -3.20. The van der Waals surface area contributed by atoms with E-state index in [1.54, 1.807) is 0 Å². The van der Waals surface area contributed by atoms with Crippen molar-refractivity contribution < 1.29 is 8.42 Å². The summed E-state index contributed by atoms with van der Waals surface area (Å²) in [6.45, 7) is 4.58. The van der Waals surface area contributed by atoms with Crippen LogP contribution in [0.3, 0.4) is 0 Å². The molecule has 0 aromatic heterocycles. The zero-order chi connectivity index (χ0) is 14.5. The van der Waals surface area contributed by atoms with Gasteiger partial charge < -0.3 is 5.32 Å². The van der Waals surface area contributed by atoms with Crippen LogP contribution in [0.1, 0.15) is 25.3 Å². The van der Waals surface area contributed by atoms with Crippen LogP contribution in [0, 0.1) is 5.41 Å². The van der Waals surface area contributed by atoms with Crippen LogP contribution in [0.4, 0.5) is 0 Å². The number of benzene rings is 1. The second-order valence-electron chi connectivity index (χ2n) is 5.97. The minimum absolute atomic E-state index is 0. The van der Waals surface area contributed by atoms with Crippen molar-refractivity contribution in [1.82, 2.24) is 10.0 Å². The lowest BCUT2D eigenvalue weighted by Gasteiger charge is -2.34. The molecule has 4 nitrogen and oxygen atoms in total. The normalized spacial score (nSPS) is 22.5. The number of rotatable bonds is 6. The quantitative estimate of drug-likeness (QED) is 0.837. The van der Waals surface area contributed by atoms with Gasteiger partial charge in [-0.3, -0.25) is 0 Å². The van der Waals surface area contributed by atoms with E-state index in [2.05, 4.69) is 17.0 Å². The highest BCUT2D eigenvalue weighted by Crippen LogP contribution is 2.24. The Bertz CT molecular complexity index is 514. The number of hydrogen-bond acceptors (Lipinski definition) is 3. The van der Waals surface area contributed by atoms with Crippen LogP contribution in [0.25, 0.3) is 0 Å². The molecule has 0 amide bonds. The second-order valence-corrected chi connectivity index (χ2v) is 7.89. The van der Waals surface area contributed by atoms with Gasteiger partial charge >= 0.3 is 0 Å². The summed E-state index contributed by atoms with van der Waals surface area (Å²) in [6.07, 6.45) is 2.74. The summed E-state index contributed by atoms with van der Waals surface area (Å²) in [5.74, 6) is 0.153. The molecule has 6 heteroatoms. The van der Waals surface area contributed by atoms with Crippen molar-refractivity contribution in [2.45, 2.75) is 26.2 Å². The maximum Gasteiger partial charge on any atom is 0.211 e. The van der Waals surface area contributed by atoms with E-state index in [1.165, 1.54) is 0 Å². The lowest BCUT2D eigenvalue weighted by Crippen LogP contribution is -2.46. The Morgan fingerprint density at radius 2 is 2.00 bits per heavy atom. The first-order chi connectivity index (χ1) is 9.49. The van der Waals surface area contributed by atoms with Gasteiger partial charge in [0.15, 0.2) is 0 Å². The predicted octanol–water partition coefficient (Wildman–Crippen LogP) is 1.96. The van der Waals surface area contributed by atoms with Gasteiger partial charge in [0.1, 0.15) is 0 Å². The summed E-state index contributed by atoms with van der Waals surface area (Å²) in [5.41, 5.74) is 1.10. The molecule has 0 aliphatic carbocycles. The second kappa shape index (κ2) is 8.13. The molecule has 2 N–H and O–H groups in total. The first-order valence-electron chi connectivity index (χ1n) is 7.21. The molecule has 0 radical (unpaired) electrons. The van der Waals surface area contributed by atoms with E-state index in [0.29, 0.717) is 13.0 Å². The highest BCUT2D eigenvalue weighted by molar-refractivity contribution is 7.89. The third kappa shape index (κ3) is 6.34. The van der Waals surface area contributed by atoms with Crippen molar-refractivity contribution in [2.75, 3.05) is 25.4 Å². The Morgan fingerprint density at radius 1 is 1.29 bits per heavy atom. The number of sulfonamides is 1. The van der Waals surface area contributed by atoms with Crippen LogP contribution in [-0.2, 0) is 16.4 Å². The fraction of sp³-hybridized carbons (Fsp3) is 0.600. The monoisotopic (exact) mass is 332 g/mol. The van der Waals surface area contributed by atoms with Gasteiger partial charge in [0, 0.05) is 13.1 Å². The zero-order valence-electron chi connectivity index (χ0n) is 12.5. The zero-order valence-corrected chi connectivity index (χ0v) is 14.1. The molecule has 21 heavy (non-hydrogen) atoms. The van der Waals surface area contributed by atoms with Crippen LogP contribution >= 0.6 is 12.4 Å². The van der Waals surface area contributed by atoms with Gasteiger partial charge in [0.05, 0.1) is 5.75 Å². The standard InChI is InChI=1S/C15H24N2O2S.ClH/c1-15(9-5-10-16-12-15)13-17-20(18,19)11-8-14-6-3-2-4-7-14;/h2-4,6-7,16-17H,5,8-13H2,1H3;1H. The Kier molecular flexibility index (Phi) is 7.13. The summed E-state index contributed by atoms with van der Waals surface area (Å²) in [6, 6.07) is 9.73. The van der Waals surface area contributed by atoms with Crippen LogP contribution < -0.4 is 10.0 Å². The van der Waals surface area contributed by atoms with Crippen LogP contribution in [0.5, 0.6) is 0 Å². The van der Waals surface area contributed by atoms with Gasteiger partial charge in [-0.25, -0.2) is 13.1 Å². The lowest BCUT2D eigenvalue weighted by molar-refractivity contribution is 0.238. The molecule has 1 unspecified atom stereocenters. The van der Waals surface area contributed by atoms with Crippen LogP contribution in [0.2, 0.25) is 0 Å². The Hall–Kier alpha value is -0.620. The largest absolute Gasteiger partial charge is 0.316 e. The number of nitrogens with one attached hydrogen (secondary N) is 2. The molecule has 2 rings (SSSR count). The Morgan fingerprint density at radius 3 is 2.62 bits per heavy atom. The van der Waals surface area contributed by atoms with Gasteiger partial charge in [-0.2, -0.15) is 0 Å². The van der Waals surface area contributed by atoms with E-state index >= 15 is 0 Å². The van der Waals surface area contributed by atoms with Gasteiger partial charge in [0.25, 0.3) is 0 Å². The smallest absolute Gasteiger partial charge is 0.211 e. The maximum absolute atomic E-state index is 12.1. The minimum Gasteiger partial charge on any atom is -0.316 e. The average Bonchev–Trinajstić information content (AvgIpc) is 2.46. The van der Waals surface area contributed by atoms with Crippen molar-refractivity contribution in [1.29, 1.82) is 0 Å². The first-order valence-corrected chi connectivity index (χ1v) is 8.86. The molecule has 120 valence electrons. The van der Waals surface area contributed by atoms with Gasteiger partial charge in [-0.15, -0.1) is 12.4 Å². The van der Waals surface area contributed by atoms with E-state index in [9.17, 15) is 8.42 Å². The van der Waals surface area contributed by atoms with E-state index in [1.807, 2.05) is 30.3 Å². The summed E-state index contributed by atoms with van der Waals surface area (Å²) >= 11 is 0. The molecule has 1 heterocycles. The van der Waals surface area contributed by atoms with Gasteiger partial charge in [0.2, 0.25) is 10.0 Å². The number of piperidine rings is 1. The van der Waals surface area contributed by atoms with Crippen molar-refractivity contribution in [3.05, 3.63) is 35.9 Å². The Labute approximate surface area is 134 Å². The number of hydrogen-bond donors (Lipinski definition) is 2. The molecule has 1 saturated heterocycles. The lowest BCUT2D eigenvalue weighted by atomic mass is 9.83. The third-order valence-electron chi connectivity index (χ3n) is 3.91.